The van der Waals surface area contributed by atoms with Crippen molar-refractivity contribution in [3.8, 4) is 0 Å². The Morgan fingerprint density at radius 1 is 1.35 bits per heavy atom. The van der Waals surface area contributed by atoms with E-state index in [0.29, 0.717) is 24.4 Å². The number of nitrogens with one attached hydrogen (secondary N) is 1. The van der Waals surface area contributed by atoms with Crippen LogP contribution >= 0.6 is 0 Å². The van der Waals surface area contributed by atoms with Crippen LogP contribution < -0.4 is 11.1 Å². The van der Waals surface area contributed by atoms with Crippen LogP contribution in [-0.4, -0.2) is 43.5 Å². The van der Waals surface area contributed by atoms with Crippen molar-refractivity contribution in [2.24, 2.45) is 17.6 Å². The maximum absolute atomic E-state index is 12.5. The predicted octanol–water partition coefficient (Wildman–Crippen LogP) is 0.572. The smallest absolute Gasteiger partial charge is 0.226 e. The summed E-state index contributed by atoms with van der Waals surface area (Å²) in [5, 5.41) is 3.29. The number of piperidine rings is 1. The van der Waals surface area contributed by atoms with Crippen molar-refractivity contribution in [2.75, 3.05) is 26.7 Å². The molecule has 98 valence electrons. The van der Waals surface area contributed by atoms with E-state index >= 15 is 0 Å². The number of nitrogens with zero attached hydrogens (tertiary/aromatic N) is 1. The molecule has 1 heterocycles. The standard InChI is InChI=1S/C13H25N3O/c1-15-11-5-3-7-16(9-11)13(17)12-6-2-4-10(12)8-14/h10-12,15H,2-9,14H2,1H3/t10-,11?,12-/m1/s1. The van der Waals surface area contributed by atoms with Gasteiger partial charge in [0.15, 0.2) is 0 Å². The monoisotopic (exact) mass is 239 g/mol. The molecule has 2 aliphatic rings. The Bertz CT molecular complexity index is 269. The minimum Gasteiger partial charge on any atom is -0.341 e. The van der Waals surface area contributed by atoms with E-state index in [1.807, 2.05) is 7.05 Å². The summed E-state index contributed by atoms with van der Waals surface area (Å²) in [4.78, 5) is 14.5. The third kappa shape index (κ3) is 2.80. The summed E-state index contributed by atoms with van der Waals surface area (Å²) in [6.07, 6.45) is 5.65. The number of rotatable bonds is 3. The molecule has 0 aromatic heterocycles. The van der Waals surface area contributed by atoms with Crippen LogP contribution in [0.25, 0.3) is 0 Å². The van der Waals surface area contributed by atoms with E-state index in [4.69, 9.17) is 5.73 Å². The van der Waals surface area contributed by atoms with Crippen LogP contribution in [0.5, 0.6) is 0 Å². The number of likely N-dealkylation sites (N-methyl/N-ethyl adjacent to an activating group) is 1. The first-order chi connectivity index (χ1) is 8.26. The van der Waals surface area contributed by atoms with Crippen LogP contribution in [0.3, 0.4) is 0 Å². The molecule has 1 aliphatic heterocycles. The summed E-state index contributed by atoms with van der Waals surface area (Å²) in [6, 6.07) is 0.477. The molecule has 1 unspecified atom stereocenters. The minimum absolute atomic E-state index is 0.204. The second-order valence-electron chi connectivity index (χ2n) is 5.45. The summed E-state index contributed by atoms with van der Waals surface area (Å²) in [5.74, 6) is 0.992. The highest BCUT2D eigenvalue weighted by atomic mass is 16.2. The summed E-state index contributed by atoms with van der Waals surface area (Å²) in [7, 11) is 1.98. The SMILES string of the molecule is CNC1CCCN(C(=O)[C@@H]2CCC[C@@H]2CN)C1. The zero-order chi connectivity index (χ0) is 12.3. The van der Waals surface area contributed by atoms with Gasteiger partial charge < -0.3 is 16.0 Å². The molecule has 17 heavy (non-hydrogen) atoms. The fourth-order valence-electron chi connectivity index (χ4n) is 3.29. The van der Waals surface area contributed by atoms with E-state index in [0.717, 1.165) is 32.4 Å². The molecule has 0 radical (unpaired) electrons. The third-order valence-electron chi connectivity index (χ3n) is 4.42. The molecule has 1 aliphatic carbocycles. The highest BCUT2D eigenvalue weighted by Crippen LogP contribution is 2.32. The Kier molecular flexibility index (Phi) is 4.40. The molecule has 3 atom stereocenters. The molecule has 4 nitrogen and oxygen atoms in total. The number of likely N-dealkylation sites (tertiary alicyclic amines) is 1. The molecular weight excluding hydrogens is 214 g/mol. The molecule has 1 amide bonds. The fourth-order valence-corrected chi connectivity index (χ4v) is 3.29. The highest BCUT2D eigenvalue weighted by Gasteiger charge is 2.35. The third-order valence-corrected chi connectivity index (χ3v) is 4.42. The first-order valence-electron chi connectivity index (χ1n) is 6.92. The van der Waals surface area contributed by atoms with Crippen LogP contribution in [0.2, 0.25) is 0 Å². The lowest BCUT2D eigenvalue weighted by molar-refractivity contribution is -0.138. The lowest BCUT2D eigenvalue weighted by atomic mass is 9.93. The maximum Gasteiger partial charge on any atom is 0.226 e. The molecule has 0 bridgehead atoms. The molecule has 0 spiro atoms. The Hall–Kier alpha value is -0.610. The van der Waals surface area contributed by atoms with E-state index in [1.165, 1.54) is 12.8 Å². The fraction of sp³-hybridized carbons (Fsp3) is 0.923. The van der Waals surface area contributed by atoms with Gasteiger partial charge in [-0.25, -0.2) is 0 Å². The van der Waals surface area contributed by atoms with Crippen LogP contribution in [-0.2, 0) is 4.79 Å². The quantitative estimate of drug-likeness (QED) is 0.757. The summed E-state index contributed by atoms with van der Waals surface area (Å²) in [5.41, 5.74) is 5.76. The van der Waals surface area contributed by atoms with Crippen molar-refractivity contribution >= 4 is 5.91 Å². The average molecular weight is 239 g/mol. The molecule has 2 fully saturated rings. The number of carbonyl (C=O) groups is 1. The van der Waals surface area contributed by atoms with Gasteiger partial charge in [0.1, 0.15) is 0 Å². The summed E-state index contributed by atoms with van der Waals surface area (Å²) < 4.78 is 0. The predicted molar refractivity (Wildman–Crippen MR) is 68.5 cm³/mol. The second kappa shape index (κ2) is 5.83. The topological polar surface area (TPSA) is 58.4 Å². The van der Waals surface area contributed by atoms with Crippen LogP contribution in [0.15, 0.2) is 0 Å². The molecule has 1 saturated heterocycles. The normalized spacial score (nSPS) is 34.0. The highest BCUT2D eigenvalue weighted by molar-refractivity contribution is 5.79. The van der Waals surface area contributed by atoms with Gasteiger partial charge in [0.05, 0.1) is 0 Å². The van der Waals surface area contributed by atoms with Crippen molar-refractivity contribution in [3.63, 3.8) is 0 Å². The Morgan fingerprint density at radius 2 is 2.18 bits per heavy atom. The van der Waals surface area contributed by atoms with Gasteiger partial charge in [0.2, 0.25) is 5.91 Å². The van der Waals surface area contributed by atoms with Gasteiger partial charge >= 0.3 is 0 Å². The lowest BCUT2D eigenvalue weighted by Crippen LogP contribution is -2.49. The molecule has 0 aromatic carbocycles. The van der Waals surface area contributed by atoms with Gasteiger partial charge in [-0.3, -0.25) is 4.79 Å². The van der Waals surface area contributed by atoms with Gasteiger partial charge in [-0.2, -0.15) is 0 Å². The van der Waals surface area contributed by atoms with Crippen LogP contribution in [0, 0.1) is 11.8 Å². The Labute approximate surface area is 104 Å². The summed E-state index contributed by atoms with van der Waals surface area (Å²) in [6.45, 7) is 2.48. The Balaban J connectivity index is 1.94. The first-order valence-corrected chi connectivity index (χ1v) is 6.92. The van der Waals surface area contributed by atoms with E-state index in [9.17, 15) is 4.79 Å². The van der Waals surface area contributed by atoms with Crippen LogP contribution in [0.4, 0.5) is 0 Å². The zero-order valence-corrected chi connectivity index (χ0v) is 10.8. The second-order valence-corrected chi connectivity index (χ2v) is 5.45. The number of carbonyl (C=O) groups excluding carboxylic acids is 1. The van der Waals surface area contributed by atoms with Crippen molar-refractivity contribution < 1.29 is 4.79 Å². The van der Waals surface area contributed by atoms with Crippen molar-refractivity contribution in [3.05, 3.63) is 0 Å². The molecule has 0 aromatic rings. The molecule has 1 saturated carbocycles. The largest absolute Gasteiger partial charge is 0.341 e. The van der Waals surface area contributed by atoms with Gasteiger partial charge in [-0.05, 0) is 45.2 Å². The van der Waals surface area contributed by atoms with E-state index in [-0.39, 0.29) is 5.92 Å². The summed E-state index contributed by atoms with van der Waals surface area (Å²) >= 11 is 0. The van der Waals surface area contributed by atoms with Crippen LogP contribution in [0.1, 0.15) is 32.1 Å². The van der Waals surface area contributed by atoms with Gasteiger partial charge in [-0.15, -0.1) is 0 Å². The van der Waals surface area contributed by atoms with Crippen molar-refractivity contribution in [2.45, 2.75) is 38.1 Å². The molecular formula is C13H25N3O. The Morgan fingerprint density at radius 3 is 2.88 bits per heavy atom. The van der Waals surface area contributed by atoms with E-state index in [1.54, 1.807) is 0 Å². The first kappa shape index (κ1) is 12.8. The molecule has 4 heteroatoms. The average Bonchev–Trinajstić information content (AvgIpc) is 2.86. The maximum atomic E-state index is 12.5. The zero-order valence-electron chi connectivity index (χ0n) is 10.8. The van der Waals surface area contributed by atoms with E-state index in [2.05, 4.69) is 10.2 Å². The number of hydrogen-bond acceptors (Lipinski definition) is 3. The van der Waals surface area contributed by atoms with Crippen molar-refractivity contribution in [1.29, 1.82) is 0 Å². The van der Waals surface area contributed by atoms with Gasteiger partial charge in [-0.1, -0.05) is 6.42 Å². The van der Waals surface area contributed by atoms with Gasteiger partial charge in [0, 0.05) is 25.0 Å². The number of hydrogen-bond donors (Lipinski definition) is 2. The minimum atomic E-state index is 0.204. The van der Waals surface area contributed by atoms with Crippen molar-refractivity contribution in [1.82, 2.24) is 10.2 Å². The van der Waals surface area contributed by atoms with Gasteiger partial charge in [0.25, 0.3) is 0 Å². The molecule has 2 rings (SSSR count). The van der Waals surface area contributed by atoms with E-state index < -0.39 is 0 Å². The lowest BCUT2D eigenvalue weighted by Gasteiger charge is -2.35. The molecule has 3 N–H and O–H groups in total. The number of amides is 1. The number of nitrogens with two attached hydrogens (primary N) is 1.